The van der Waals surface area contributed by atoms with Crippen LogP contribution in [0.1, 0.15) is 24.8 Å². The van der Waals surface area contributed by atoms with Crippen LogP contribution in [0.25, 0.3) is 0 Å². The Morgan fingerprint density at radius 3 is 2.26 bits per heavy atom. The second kappa shape index (κ2) is 7.54. The average molecular weight is 315 g/mol. The summed E-state index contributed by atoms with van der Waals surface area (Å²) in [5.41, 5.74) is 1.31. The van der Waals surface area contributed by atoms with Gasteiger partial charge in [-0.2, -0.15) is 0 Å². The summed E-state index contributed by atoms with van der Waals surface area (Å²) in [4.78, 5) is 23.6. The number of nitrogens with one attached hydrogen (secondary N) is 1. The highest BCUT2D eigenvalue weighted by Gasteiger charge is 2.28. The molecule has 2 aromatic rings. The molecule has 0 spiro atoms. The van der Waals surface area contributed by atoms with Crippen molar-refractivity contribution in [2.75, 3.05) is 5.32 Å². The van der Waals surface area contributed by atoms with Gasteiger partial charge < -0.3 is 10.4 Å². The van der Waals surface area contributed by atoms with Crippen LogP contribution in [-0.4, -0.2) is 17.0 Å². The second-order valence-corrected chi connectivity index (χ2v) is 5.40. The number of carboxylic acid groups (broad SMARTS) is 1. The number of anilines is 1. The quantitative estimate of drug-likeness (QED) is 0.855. The summed E-state index contributed by atoms with van der Waals surface area (Å²) in [6.07, 6.45) is -0.150. The van der Waals surface area contributed by atoms with Crippen LogP contribution in [0.5, 0.6) is 0 Å². The number of carbonyl (C=O) groups excluding carboxylic acids is 1. The molecule has 0 aliphatic carbocycles. The Bertz CT molecular complexity index is 670. The van der Waals surface area contributed by atoms with Crippen molar-refractivity contribution in [3.63, 3.8) is 0 Å². The molecule has 5 heteroatoms. The van der Waals surface area contributed by atoms with Crippen molar-refractivity contribution in [3.8, 4) is 0 Å². The maximum Gasteiger partial charge on any atom is 0.307 e. The van der Waals surface area contributed by atoms with Gasteiger partial charge in [0, 0.05) is 12.1 Å². The molecular weight excluding hydrogens is 297 g/mol. The van der Waals surface area contributed by atoms with E-state index in [0.717, 1.165) is 5.56 Å². The van der Waals surface area contributed by atoms with E-state index >= 15 is 0 Å². The third kappa shape index (κ3) is 4.64. The standard InChI is InChI=1S/C18H18FNO3/c1-12(13-5-3-2-4-6-13)16(18(22)23)11-17(21)20-15-9-7-14(19)8-10-15/h2-10,12,16H,11H2,1H3,(H,20,21)(H,22,23)/t12-,16-/m1/s1. The SMILES string of the molecule is C[C@H](c1ccccc1)[C@@H](CC(=O)Nc1ccc(F)cc1)C(=O)O. The second-order valence-electron chi connectivity index (χ2n) is 5.40. The average Bonchev–Trinajstić information content (AvgIpc) is 2.55. The van der Waals surface area contributed by atoms with Crippen LogP contribution in [0.2, 0.25) is 0 Å². The fourth-order valence-corrected chi connectivity index (χ4v) is 2.41. The smallest absolute Gasteiger partial charge is 0.307 e. The van der Waals surface area contributed by atoms with Crippen molar-refractivity contribution in [3.05, 3.63) is 66.0 Å². The van der Waals surface area contributed by atoms with Gasteiger partial charge in [0.05, 0.1) is 5.92 Å². The van der Waals surface area contributed by atoms with E-state index in [0.29, 0.717) is 5.69 Å². The Morgan fingerprint density at radius 2 is 1.70 bits per heavy atom. The predicted octanol–water partition coefficient (Wildman–Crippen LogP) is 3.66. The van der Waals surface area contributed by atoms with Crippen molar-refractivity contribution in [1.29, 1.82) is 0 Å². The number of carbonyl (C=O) groups is 2. The van der Waals surface area contributed by atoms with Gasteiger partial charge in [-0.15, -0.1) is 0 Å². The number of hydrogen-bond acceptors (Lipinski definition) is 2. The van der Waals surface area contributed by atoms with E-state index in [1.807, 2.05) is 30.3 Å². The van der Waals surface area contributed by atoms with Crippen LogP contribution in [0.3, 0.4) is 0 Å². The summed E-state index contributed by atoms with van der Waals surface area (Å²) in [6.45, 7) is 1.79. The lowest BCUT2D eigenvalue weighted by atomic mass is 9.85. The molecule has 0 saturated carbocycles. The minimum Gasteiger partial charge on any atom is -0.481 e. The van der Waals surface area contributed by atoms with Gasteiger partial charge in [0.2, 0.25) is 5.91 Å². The summed E-state index contributed by atoms with van der Waals surface area (Å²) < 4.78 is 12.8. The zero-order chi connectivity index (χ0) is 16.8. The Kier molecular flexibility index (Phi) is 5.46. The summed E-state index contributed by atoms with van der Waals surface area (Å²) in [5.74, 6) is -2.96. The molecule has 0 saturated heterocycles. The summed E-state index contributed by atoms with van der Waals surface area (Å²) in [5, 5.41) is 12.0. The Labute approximate surface area is 134 Å². The molecule has 0 fully saturated rings. The topological polar surface area (TPSA) is 66.4 Å². The molecule has 1 amide bonds. The number of hydrogen-bond donors (Lipinski definition) is 2. The summed E-state index contributed by atoms with van der Waals surface area (Å²) >= 11 is 0. The van der Waals surface area contributed by atoms with Crippen LogP contribution in [0.4, 0.5) is 10.1 Å². The molecule has 0 aliphatic heterocycles. The Balaban J connectivity index is 2.05. The van der Waals surface area contributed by atoms with Gasteiger partial charge in [-0.25, -0.2) is 4.39 Å². The molecule has 23 heavy (non-hydrogen) atoms. The molecule has 0 heterocycles. The van der Waals surface area contributed by atoms with Crippen LogP contribution in [-0.2, 0) is 9.59 Å². The monoisotopic (exact) mass is 315 g/mol. The van der Waals surface area contributed by atoms with Gasteiger partial charge >= 0.3 is 5.97 Å². The van der Waals surface area contributed by atoms with Crippen molar-refractivity contribution < 1.29 is 19.1 Å². The van der Waals surface area contributed by atoms with Gasteiger partial charge in [0.15, 0.2) is 0 Å². The lowest BCUT2D eigenvalue weighted by molar-refractivity contribution is -0.144. The van der Waals surface area contributed by atoms with E-state index in [1.165, 1.54) is 24.3 Å². The molecule has 4 nitrogen and oxygen atoms in total. The molecule has 2 atom stereocenters. The molecule has 0 unspecified atom stereocenters. The minimum atomic E-state index is -1.02. The summed E-state index contributed by atoms with van der Waals surface area (Å²) in [6, 6.07) is 14.6. The molecule has 2 N–H and O–H groups in total. The third-order valence-corrected chi connectivity index (χ3v) is 3.78. The van der Waals surface area contributed by atoms with Crippen molar-refractivity contribution in [1.82, 2.24) is 0 Å². The van der Waals surface area contributed by atoms with E-state index in [-0.39, 0.29) is 12.3 Å². The Hall–Kier alpha value is -2.69. The first-order valence-corrected chi connectivity index (χ1v) is 7.30. The minimum absolute atomic E-state index is 0.150. The molecule has 0 aromatic heterocycles. The van der Waals surface area contributed by atoms with Gasteiger partial charge in [0.1, 0.15) is 5.82 Å². The maximum absolute atomic E-state index is 12.8. The van der Waals surface area contributed by atoms with Crippen molar-refractivity contribution in [2.24, 2.45) is 5.92 Å². The molecule has 0 radical (unpaired) electrons. The Morgan fingerprint density at radius 1 is 1.09 bits per heavy atom. The number of carboxylic acids is 1. The fourth-order valence-electron chi connectivity index (χ4n) is 2.41. The number of amides is 1. The predicted molar refractivity (Wildman–Crippen MR) is 85.6 cm³/mol. The van der Waals surface area contributed by atoms with Crippen molar-refractivity contribution >= 4 is 17.6 Å². The first-order chi connectivity index (χ1) is 11.0. The van der Waals surface area contributed by atoms with Crippen LogP contribution >= 0.6 is 0 Å². The normalized spacial score (nSPS) is 13.1. The van der Waals surface area contributed by atoms with Crippen LogP contribution < -0.4 is 5.32 Å². The molecule has 2 rings (SSSR count). The number of benzene rings is 2. The van der Waals surface area contributed by atoms with Gasteiger partial charge in [-0.3, -0.25) is 9.59 Å². The highest BCUT2D eigenvalue weighted by Crippen LogP contribution is 2.27. The lowest BCUT2D eigenvalue weighted by Gasteiger charge is -2.20. The van der Waals surface area contributed by atoms with E-state index in [2.05, 4.69) is 5.32 Å². The molecule has 0 aliphatic rings. The van der Waals surface area contributed by atoms with E-state index in [1.54, 1.807) is 6.92 Å². The molecular formula is C18H18FNO3. The highest BCUT2D eigenvalue weighted by molar-refractivity contribution is 5.93. The van der Waals surface area contributed by atoms with E-state index in [4.69, 9.17) is 0 Å². The first-order valence-electron chi connectivity index (χ1n) is 7.30. The zero-order valence-corrected chi connectivity index (χ0v) is 12.7. The van der Waals surface area contributed by atoms with E-state index < -0.39 is 23.6 Å². The molecule has 120 valence electrons. The lowest BCUT2D eigenvalue weighted by Crippen LogP contribution is -2.26. The fraction of sp³-hybridized carbons (Fsp3) is 0.222. The number of aliphatic carboxylic acids is 1. The zero-order valence-electron chi connectivity index (χ0n) is 12.7. The third-order valence-electron chi connectivity index (χ3n) is 3.78. The molecule has 0 bridgehead atoms. The number of halogens is 1. The largest absolute Gasteiger partial charge is 0.481 e. The van der Waals surface area contributed by atoms with Gasteiger partial charge in [-0.1, -0.05) is 37.3 Å². The number of rotatable bonds is 6. The summed E-state index contributed by atoms with van der Waals surface area (Å²) in [7, 11) is 0. The van der Waals surface area contributed by atoms with Gasteiger partial charge in [0.25, 0.3) is 0 Å². The molecule has 2 aromatic carbocycles. The first kappa shape index (κ1) is 16.7. The van der Waals surface area contributed by atoms with Crippen LogP contribution in [0, 0.1) is 11.7 Å². The van der Waals surface area contributed by atoms with Gasteiger partial charge in [-0.05, 0) is 35.7 Å². The van der Waals surface area contributed by atoms with Crippen molar-refractivity contribution in [2.45, 2.75) is 19.3 Å². The van der Waals surface area contributed by atoms with E-state index in [9.17, 15) is 19.1 Å². The maximum atomic E-state index is 12.8. The highest BCUT2D eigenvalue weighted by atomic mass is 19.1. The van der Waals surface area contributed by atoms with Crippen LogP contribution in [0.15, 0.2) is 54.6 Å².